The molecule has 0 atom stereocenters. The van der Waals surface area contributed by atoms with E-state index in [0.717, 1.165) is 5.69 Å². The molecule has 0 radical (unpaired) electrons. The molecule has 1 N–H and O–H groups in total. The van der Waals surface area contributed by atoms with Crippen LogP contribution >= 0.6 is 0 Å². The number of nitrogens with one attached hydrogen (secondary N) is 1. The lowest BCUT2D eigenvalue weighted by molar-refractivity contribution is -0.130. The molecular formula is C17H24N4O2. The van der Waals surface area contributed by atoms with Crippen LogP contribution in [-0.4, -0.2) is 58.8 Å². The van der Waals surface area contributed by atoms with Gasteiger partial charge in [-0.15, -0.1) is 0 Å². The number of carbonyl (C=O) groups excluding carboxylic acids is 2. The maximum Gasteiger partial charge on any atom is 0.272 e. The third kappa shape index (κ3) is 3.81. The molecule has 0 bridgehead atoms. The van der Waals surface area contributed by atoms with Gasteiger partial charge in [-0.1, -0.05) is 12.8 Å². The smallest absolute Gasteiger partial charge is 0.272 e. The van der Waals surface area contributed by atoms with Crippen molar-refractivity contribution in [2.45, 2.75) is 38.6 Å². The predicted molar refractivity (Wildman–Crippen MR) is 88.3 cm³/mol. The fraction of sp³-hybridized carbons (Fsp3) is 0.588. The molecule has 2 heterocycles. The molecule has 0 aromatic carbocycles. The number of carbonyl (C=O) groups is 2. The molecule has 124 valence electrons. The summed E-state index contributed by atoms with van der Waals surface area (Å²) in [4.78, 5) is 31.7. The van der Waals surface area contributed by atoms with E-state index in [9.17, 15) is 9.59 Å². The maximum absolute atomic E-state index is 12.6. The zero-order valence-electron chi connectivity index (χ0n) is 13.6. The first kappa shape index (κ1) is 15.8. The van der Waals surface area contributed by atoms with Crippen molar-refractivity contribution in [1.82, 2.24) is 14.8 Å². The molecule has 0 spiro atoms. The van der Waals surface area contributed by atoms with Crippen LogP contribution in [0.5, 0.6) is 0 Å². The van der Waals surface area contributed by atoms with Gasteiger partial charge in [-0.05, 0) is 25.0 Å². The molecule has 1 saturated carbocycles. The van der Waals surface area contributed by atoms with E-state index >= 15 is 0 Å². The minimum Gasteiger partial charge on any atom is -0.382 e. The molecule has 0 unspecified atom stereocenters. The number of aromatic nitrogens is 1. The molecule has 2 fully saturated rings. The molecule has 1 aromatic heterocycles. The van der Waals surface area contributed by atoms with E-state index in [0.29, 0.717) is 37.9 Å². The number of nitrogens with zero attached hydrogens (tertiary/aromatic N) is 3. The first-order valence-electron chi connectivity index (χ1n) is 8.41. The standard InChI is InChI=1S/C17H24N4O2/c1-13(22)20-8-10-21(11-9-20)17(23)16-12-15(6-7-18-16)19-14-4-2-3-5-14/h6-7,12,14H,2-5,8-11H2,1H3,(H,18,19). The van der Waals surface area contributed by atoms with E-state index in [1.54, 1.807) is 22.9 Å². The molecular weight excluding hydrogens is 292 g/mol. The molecule has 1 aliphatic carbocycles. The summed E-state index contributed by atoms with van der Waals surface area (Å²) in [5, 5.41) is 3.50. The maximum atomic E-state index is 12.6. The van der Waals surface area contributed by atoms with Crippen molar-refractivity contribution in [2.75, 3.05) is 31.5 Å². The van der Waals surface area contributed by atoms with Crippen molar-refractivity contribution in [1.29, 1.82) is 0 Å². The Bertz CT molecular complexity index is 576. The molecule has 2 amide bonds. The van der Waals surface area contributed by atoms with E-state index in [1.807, 2.05) is 12.1 Å². The highest BCUT2D eigenvalue weighted by Crippen LogP contribution is 2.22. The fourth-order valence-corrected chi connectivity index (χ4v) is 3.33. The molecule has 6 heteroatoms. The quantitative estimate of drug-likeness (QED) is 0.922. The van der Waals surface area contributed by atoms with Gasteiger partial charge in [0.25, 0.3) is 5.91 Å². The first-order valence-corrected chi connectivity index (χ1v) is 8.41. The van der Waals surface area contributed by atoms with Crippen LogP contribution in [0.2, 0.25) is 0 Å². The van der Waals surface area contributed by atoms with E-state index in [4.69, 9.17) is 0 Å². The second-order valence-corrected chi connectivity index (χ2v) is 6.35. The highest BCUT2D eigenvalue weighted by atomic mass is 16.2. The fourth-order valence-electron chi connectivity index (χ4n) is 3.33. The molecule has 1 aromatic rings. The van der Waals surface area contributed by atoms with Crippen molar-refractivity contribution in [3.05, 3.63) is 24.0 Å². The first-order chi connectivity index (χ1) is 11.1. The Kier molecular flexibility index (Phi) is 4.79. The highest BCUT2D eigenvalue weighted by Gasteiger charge is 2.24. The number of rotatable bonds is 3. The van der Waals surface area contributed by atoms with Gasteiger partial charge in [0.15, 0.2) is 0 Å². The Morgan fingerprint density at radius 3 is 2.43 bits per heavy atom. The second-order valence-electron chi connectivity index (χ2n) is 6.35. The third-order valence-corrected chi connectivity index (χ3v) is 4.72. The minimum absolute atomic E-state index is 0.0525. The molecule has 23 heavy (non-hydrogen) atoms. The van der Waals surface area contributed by atoms with Gasteiger partial charge in [-0.25, -0.2) is 0 Å². The molecule has 6 nitrogen and oxygen atoms in total. The average Bonchev–Trinajstić information content (AvgIpc) is 3.07. The number of hydrogen-bond donors (Lipinski definition) is 1. The van der Waals surface area contributed by atoms with Crippen LogP contribution in [0.4, 0.5) is 5.69 Å². The summed E-state index contributed by atoms with van der Waals surface area (Å²) in [6.45, 7) is 3.90. The highest BCUT2D eigenvalue weighted by molar-refractivity contribution is 5.93. The van der Waals surface area contributed by atoms with E-state index in [1.165, 1.54) is 25.7 Å². The van der Waals surface area contributed by atoms with Gasteiger partial charge in [-0.2, -0.15) is 0 Å². The molecule has 3 rings (SSSR count). The van der Waals surface area contributed by atoms with Crippen LogP contribution in [0.3, 0.4) is 0 Å². The van der Waals surface area contributed by atoms with E-state index in [-0.39, 0.29) is 11.8 Å². The summed E-state index contributed by atoms with van der Waals surface area (Å²) >= 11 is 0. The Morgan fingerprint density at radius 1 is 1.13 bits per heavy atom. The summed E-state index contributed by atoms with van der Waals surface area (Å²) in [5.41, 5.74) is 1.45. The van der Waals surface area contributed by atoms with Gasteiger partial charge in [0.2, 0.25) is 5.91 Å². The average molecular weight is 316 g/mol. The SMILES string of the molecule is CC(=O)N1CCN(C(=O)c2cc(NC3CCCC3)ccn2)CC1. The zero-order valence-corrected chi connectivity index (χ0v) is 13.6. The minimum atomic E-state index is -0.0525. The van der Waals surface area contributed by atoms with Crippen LogP contribution in [0.1, 0.15) is 43.1 Å². The summed E-state index contributed by atoms with van der Waals surface area (Å²) in [6, 6.07) is 4.28. The Morgan fingerprint density at radius 2 is 1.78 bits per heavy atom. The van der Waals surface area contributed by atoms with Crippen molar-refractivity contribution in [3.8, 4) is 0 Å². The van der Waals surface area contributed by atoms with Crippen LogP contribution in [0.15, 0.2) is 18.3 Å². The zero-order chi connectivity index (χ0) is 16.2. The van der Waals surface area contributed by atoms with Crippen molar-refractivity contribution >= 4 is 17.5 Å². The normalized spacial score (nSPS) is 19.0. The van der Waals surface area contributed by atoms with E-state index < -0.39 is 0 Å². The van der Waals surface area contributed by atoms with Crippen molar-refractivity contribution < 1.29 is 9.59 Å². The number of piperazine rings is 1. The number of hydrogen-bond acceptors (Lipinski definition) is 4. The van der Waals surface area contributed by atoms with Gasteiger partial charge in [0.1, 0.15) is 5.69 Å². The topological polar surface area (TPSA) is 65.5 Å². The van der Waals surface area contributed by atoms with E-state index in [2.05, 4.69) is 10.3 Å². The van der Waals surface area contributed by atoms with Gasteiger partial charge in [-0.3, -0.25) is 14.6 Å². The predicted octanol–water partition coefficient (Wildman–Crippen LogP) is 1.74. The summed E-state index contributed by atoms with van der Waals surface area (Å²) in [7, 11) is 0. The molecule has 1 saturated heterocycles. The van der Waals surface area contributed by atoms with Crippen molar-refractivity contribution in [2.24, 2.45) is 0 Å². The Labute approximate surface area is 136 Å². The Hall–Kier alpha value is -2.11. The monoisotopic (exact) mass is 316 g/mol. The molecule has 1 aliphatic heterocycles. The van der Waals surface area contributed by atoms with Crippen LogP contribution in [0, 0.1) is 0 Å². The van der Waals surface area contributed by atoms with Crippen LogP contribution < -0.4 is 5.32 Å². The van der Waals surface area contributed by atoms with Gasteiger partial charge >= 0.3 is 0 Å². The third-order valence-electron chi connectivity index (χ3n) is 4.72. The van der Waals surface area contributed by atoms with Gasteiger partial charge in [0.05, 0.1) is 0 Å². The number of pyridine rings is 1. The van der Waals surface area contributed by atoms with Crippen molar-refractivity contribution in [3.63, 3.8) is 0 Å². The lowest BCUT2D eigenvalue weighted by atomic mass is 10.2. The summed E-state index contributed by atoms with van der Waals surface area (Å²) < 4.78 is 0. The van der Waals surface area contributed by atoms with Crippen LogP contribution in [-0.2, 0) is 4.79 Å². The number of anilines is 1. The lowest BCUT2D eigenvalue weighted by Crippen LogP contribution is -2.50. The lowest BCUT2D eigenvalue weighted by Gasteiger charge is -2.34. The Balaban J connectivity index is 1.62. The second kappa shape index (κ2) is 6.98. The molecule has 2 aliphatic rings. The van der Waals surface area contributed by atoms with Crippen LogP contribution in [0.25, 0.3) is 0 Å². The van der Waals surface area contributed by atoms with Gasteiger partial charge in [0, 0.05) is 51.0 Å². The van der Waals surface area contributed by atoms with Gasteiger partial charge < -0.3 is 15.1 Å². The summed E-state index contributed by atoms with van der Waals surface area (Å²) in [6.07, 6.45) is 6.62. The number of amides is 2. The summed E-state index contributed by atoms with van der Waals surface area (Å²) in [5.74, 6) is 0.0151. The largest absolute Gasteiger partial charge is 0.382 e.